The predicted molar refractivity (Wildman–Crippen MR) is 221 cm³/mol. The van der Waals surface area contributed by atoms with Crippen LogP contribution in [-0.2, 0) is 65.9 Å². The average molecular weight is 796 g/mol. The van der Waals surface area contributed by atoms with Crippen LogP contribution in [0.5, 0.6) is 0 Å². The summed E-state index contributed by atoms with van der Waals surface area (Å²) < 4.78 is 64.4. The third-order valence-electron chi connectivity index (χ3n) is 10.3. The Morgan fingerprint density at radius 2 is 1.00 bits per heavy atom. The molecule has 0 spiro atoms. The van der Waals surface area contributed by atoms with Gasteiger partial charge in [0, 0.05) is 5.39 Å². The summed E-state index contributed by atoms with van der Waals surface area (Å²) in [6.45, 7) is 0.618. The van der Waals surface area contributed by atoms with Crippen molar-refractivity contribution in [3.63, 3.8) is 0 Å². The first-order chi connectivity index (χ1) is 28.4. The van der Waals surface area contributed by atoms with Crippen LogP contribution in [0.1, 0.15) is 27.9 Å². The maximum absolute atomic E-state index is 14.8. The first-order valence-corrected chi connectivity index (χ1v) is 20.7. The zero-order chi connectivity index (χ0) is 39.8. The first-order valence-electron chi connectivity index (χ1n) is 19.3. The highest BCUT2D eigenvalue weighted by molar-refractivity contribution is 7.90. The summed E-state index contributed by atoms with van der Waals surface area (Å²) in [5, 5.41) is 14.1. The van der Waals surface area contributed by atoms with E-state index in [1.165, 1.54) is 12.1 Å². The molecule has 8 rings (SSSR count). The molecule has 0 unspecified atom stereocenters. The van der Waals surface area contributed by atoms with E-state index in [0.29, 0.717) is 10.9 Å². The molecule has 9 nitrogen and oxygen atoms in total. The summed E-state index contributed by atoms with van der Waals surface area (Å²) in [5.41, 5.74) is 3.91. The zero-order valence-corrected chi connectivity index (χ0v) is 32.6. The average Bonchev–Trinajstić information content (AvgIpc) is 3.68. The topological polar surface area (TPSA) is 105 Å². The van der Waals surface area contributed by atoms with Crippen LogP contribution < -0.4 is 0 Å². The lowest BCUT2D eigenvalue weighted by molar-refractivity contribution is -0.380. The van der Waals surface area contributed by atoms with Gasteiger partial charge in [-0.15, -0.1) is 0 Å². The molecule has 7 aromatic rings. The fraction of sp³-hybridized carbons (Fsp3) is 0.208. The lowest BCUT2D eigenvalue weighted by atomic mass is 9.89. The van der Waals surface area contributed by atoms with Crippen molar-refractivity contribution in [3.8, 4) is 0 Å². The second-order valence-corrected chi connectivity index (χ2v) is 16.1. The number of ether oxygens (including phenoxy) is 5. The maximum Gasteiger partial charge on any atom is 0.268 e. The van der Waals surface area contributed by atoms with E-state index < -0.39 is 40.2 Å². The Balaban J connectivity index is 1.28. The molecule has 0 amide bonds. The van der Waals surface area contributed by atoms with Gasteiger partial charge < -0.3 is 28.8 Å². The van der Waals surface area contributed by atoms with Gasteiger partial charge in [-0.25, -0.2) is 12.4 Å². The van der Waals surface area contributed by atoms with Crippen LogP contribution in [0.15, 0.2) is 187 Å². The van der Waals surface area contributed by atoms with Gasteiger partial charge in [0.1, 0.15) is 24.4 Å². The minimum Gasteiger partial charge on any atom is -0.374 e. The van der Waals surface area contributed by atoms with Crippen LogP contribution >= 0.6 is 0 Å². The van der Waals surface area contributed by atoms with E-state index in [0.717, 1.165) is 26.2 Å². The summed E-state index contributed by atoms with van der Waals surface area (Å²) >= 11 is 0. The Kier molecular flexibility index (Phi) is 12.2. The van der Waals surface area contributed by atoms with Gasteiger partial charge >= 0.3 is 0 Å². The monoisotopic (exact) mass is 795 g/mol. The number of fused-ring (bicyclic) bond motifs is 1. The highest BCUT2D eigenvalue weighted by Crippen LogP contribution is 2.44. The van der Waals surface area contributed by atoms with E-state index in [4.69, 9.17) is 23.7 Å². The Morgan fingerprint density at radius 1 is 0.552 bits per heavy atom. The van der Waals surface area contributed by atoms with Gasteiger partial charge in [-0.1, -0.05) is 158 Å². The Hall–Kier alpha value is -5.43. The van der Waals surface area contributed by atoms with Crippen LogP contribution in [0.2, 0.25) is 0 Å². The smallest absolute Gasteiger partial charge is 0.268 e. The van der Waals surface area contributed by atoms with Crippen molar-refractivity contribution in [2.45, 2.75) is 61.5 Å². The minimum atomic E-state index is -4.32. The maximum atomic E-state index is 14.8. The van der Waals surface area contributed by atoms with E-state index in [1.54, 1.807) is 42.5 Å². The second kappa shape index (κ2) is 18.0. The van der Waals surface area contributed by atoms with E-state index in [1.807, 2.05) is 127 Å². The number of benzene rings is 6. The Bertz CT molecular complexity index is 2470. The molecule has 0 radical (unpaired) electrons. The molecule has 1 saturated heterocycles. The number of hydrogen-bond acceptors (Lipinski definition) is 8. The number of aliphatic hydroxyl groups is 1. The summed E-state index contributed by atoms with van der Waals surface area (Å²) in [5.74, 6) is -2.43. The molecule has 6 aromatic carbocycles. The van der Waals surface area contributed by atoms with Gasteiger partial charge in [-0.05, 0) is 46.5 Å². The van der Waals surface area contributed by atoms with E-state index in [2.05, 4.69) is 0 Å². The molecule has 1 aliphatic rings. The van der Waals surface area contributed by atoms with Crippen LogP contribution in [-0.4, -0.2) is 48.5 Å². The molecule has 2 heterocycles. The third kappa shape index (κ3) is 8.69. The number of hydrogen-bond donors (Lipinski definition) is 1. The first kappa shape index (κ1) is 39.4. The number of para-hydroxylation sites is 1. The number of nitrogens with zero attached hydrogens (tertiary/aromatic N) is 1. The Labute approximate surface area is 339 Å². The van der Waals surface area contributed by atoms with Crippen molar-refractivity contribution in [1.82, 2.24) is 3.97 Å². The molecule has 5 atom stereocenters. The SMILES string of the molecule is O=S(=O)(c1ccccc1)n1c([C@]2(O)O[C@H](COCc3ccccc3)[C@@H](OCc3ccccc3)[C@H](OCc3ccccc3)[C@@H]2OCc2ccccc2)cc2ccccc21. The van der Waals surface area contributed by atoms with Gasteiger partial charge in [0.05, 0.1) is 49.1 Å². The van der Waals surface area contributed by atoms with Gasteiger partial charge in [-0.2, -0.15) is 0 Å². The molecule has 1 fully saturated rings. The van der Waals surface area contributed by atoms with Gasteiger partial charge in [0.2, 0.25) is 5.79 Å². The summed E-state index contributed by atoms with van der Waals surface area (Å²) in [4.78, 5) is 0.0439. The van der Waals surface area contributed by atoms with Crippen LogP contribution in [0, 0.1) is 0 Å². The molecule has 0 bridgehead atoms. The molecular formula is C48H45NO8S. The number of rotatable bonds is 16. The third-order valence-corrected chi connectivity index (χ3v) is 12.0. The minimum absolute atomic E-state index is 0.0288. The second-order valence-electron chi connectivity index (χ2n) is 14.3. The van der Waals surface area contributed by atoms with E-state index >= 15 is 0 Å². The molecule has 1 aliphatic heterocycles. The molecular weight excluding hydrogens is 751 g/mol. The fourth-order valence-electron chi connectivity index (χ4n) is 7.40. The highest BCUT2D eigenvalue weighted by Gasteiger charge is 2.59. The van der Waals surface area contributed by atoms with Gasteiger partial charge in [0.25, 0.3) is 10.0 Å². The van der Waals surface area contributed by atoms with Crippen LogP contribution in [0.4, 0.5) is 0 Å². The van der Waals surface area contributed by atoms with E-state index in [-0.39, 0.29) is 43.6 Å². The van der Waals surface area contributed by atoms with Crippen molar-refractivity contribution in [3.05, 3.63) is 210 Å². The summed E-state index contributed by atoms with van der Waals surface area (Å²) in [6, 6.07) is 55.7. The molecule has 0 saturated carbocycles. The molecule has 58 heavy (non-hydrogen) atoms. The lowest BCUT2D eigenvalue weighted by Gasteiger charge is -2.50. The predicted octanol–water partition coefficient (Wildman–Crippen LogP) is 8.40. The fourth-order valence-corrected chi connectivity index (χ4v) is 8.97. The van der Waals surface area contributed by atoms with Gasteiger partial charge in [-0.3, -0.25) is 0 Å². The van der Waals surface area contributed by atoms with Crippen LogP contribution in [0.25, 0.3) is 10.9 Å². The van der Waals surface area contributed by atoms with Crippen LogP contribution in [0.3, 0.4) is 0 Å². The number of aromatic nitrogens is 1. The Morgan fingerprint density at radius 3 is 1.55 bits per heavy atom. The largest absolute Gasteiger partial charge is 0.374 e. The molecule has 296 valence electrons. The molecule has 10 heteroatoms. The molecule has 1 aromatic heterocycles. The van der Waals surface area contributed by atoms with Crippen molar-refractivity contribution >= 4 is 20.9 Å². The van der Waals surface area contributed by atoms with E-state index in [9.17, 15) is 13.5 Å². The van der Waals surface area contributed by atoms with Gasteiger partial charge in [0.15, 0.2) is 0 Å². The molecule has 1 N–H and O–H groups in total. The quantitative estimate of drug-likeness (QED) is 0.104. The standard InChI is InChI=1S/C48H45NO8S/c50-48(44-30-40-26-16-17-29-42(40)49(44)58(51,52)41-27-14-5-15-28-41)47(56-34-39-24-12-4-13-25-39)46(55-33-38-22-10-3-11-23-38)45(54-32-37-20-8-2-9-21-37)43(57-48)35-53-31-36-18-6-1-7-19-36/h1-30,43,45-47,50H,31-35H2/t43-,45-,46+,47+,48+/m1/s1. The van der Waals surface area contributed by atoms with Crippen molar-refractivity contribution in [1.29, 1.82) is 0 Å². The van der Waals surface area contributed by atoms with Crippen molar-refractivity contribution < 1.29 is 37.2 Å². The summed E-state index contributed by atoms with van der Waals surface area (Å²) in [7, 11) is -4.32. The zero-order valence-electron chi connectivity index (χ0n) is 31.8. The molecule has 0 aliphatic carbocycles. The normalized spacial score (nSPS) is 20.9. The van der Waals surface area contributed by atoms with Crippen molar-refractivity contribution in [2.24, 2.45) is 0 Å². The highest BCUT2D eigenvalue weighted by atomic mass is 32.2. The van der Waals surface area contributed by atoms with Crippen molar-refractivity contribution in [2.75, 3.05) is 6.61 Å². The summed E-state index contributed by atoms with van der Waals surface area (Å²) in [6.07, 6.45) is -4.16. The lowest BCUT2D eigenvalue weighted by Crippen LogP contribution is -2.66.